The maximum absolute atomic E-state index is 11.3. The number of esters is 1. The molecule has 23 heavy (non-hydrogen) atoms. The minimum absolute atomic E-state index is 0.0710. The molecule has 1 aromatic rings. The number of rotatable bonds is 7. The molecule has 0 aliphatic heterocycles. The fourth-order valence-corrected chi connectivity index (χ4v) is 2.03. The Morgan fingerprint density at radius 3 is 2.43 bits per heavy atom. The number of hydrogen-bond acceptors (Lipinski definition) is 7. The SMILES string of the molecule is CCOC(=O)CC(O)C(O)c1cc(C(=O)O)c(C)c([N+](=O)[O-])c1. The van der Waals surface area contributed by atoms with E-state index in [4.69, 9.17) is 5.11 Å². The molecule has 0 bridgehead atoms. The largest absolute Gasteiger partial charge is 0.478 e. The third kappa shape index (κ3) is 4.47. The smallest absolute Gasteiger partial charge is 0.336 e. The van der Waals surface area contributed by atoms with Gasteiger partial charge in [-0.2, -0.15) is 0 Å². The molecule has 1 rings (SSSR count). The van der Waals surface area contributed by atoms with E-state index in [1.54, 1.807) is 6.92 Å². The number of aliphatic hydroxyl groups is 2. The van der Waals surface area contributed by atoms with Crippen molar-refractivity contribution >= 4 is 17.6 Å². The van der Waals surface area contributed by atoms with E-state index >= 15 is 0 Å². The number of hydrogen-bond donors (Lipinski definition) is 3. The fraction of sp³-hybridized carbons (Fsp3) is 0.429. The van der Waals surface area contributed by atoms with Crippen LogP contribution in [-0.4, -0.2) is 44.9 Å². The number of benzene rings is 1. The highest BCUT2D eigenvalue weighted by Gasteiger charge is 2.27. The van der Waals surface area contributed by atoms with Gasteiger partial charge in [0, 0.05) is 11.6 Å². The van der Waals surface area contributed by atoms with Crippen molar-refractivity contribution in [1.82, 2.24) is 0 Å². The molecule has 0 amide bonds. The molecule has 2 unspecified atom stereocenters. The molecule has 0 aliphatic carbocycles. The highest BCUT2D eigenvalue weighted by atomic mass is 16.6. The summed E-state index contributed by atoms with van der Waals surface area (Å²) in [7, 11) is 0. The summed E-state index contributed by atoms with van der Waals surface area (Å²) in [6.07, 6.45) is -3.78. The summed E-state index contributed by atoms with van der Waals surface area (Å²) in [6, 6.07) is 2.00. The van der Waals surface area contributed by atoms with Gasteiger partial charge in [-0.05, 0) is 25.5 Å². The van der Waals surface area contributed by atoms with E-state index in [9.17, 15) is 29.9 Å². The second-order valence-electron chi connectivity index (χ2n) is 4.80. The number of carbonyl (C=O) groups excluding carboxylic acids is 1. The normalized spacial score (nSPS) is 13.2. The van der Waals surface area contributed by atoms with E-state index in [0.717, 1.165) is 12.1 Å². The van der Waals surface area contributed by atoms with Crippen LogP contribution in [0, 0.1) is 17.0 Å². The molecular weight excluding hydrogens is 310 g/mol. The van der Waals surface area contributed by atoms with Gasteiger partial charge in [-0.25, -0.2) is 4.79 Å². The number of carboxylic acids is 1. The molecular formula is C14H17NO8. The van der Waals surface area contributed by atoms with Crippen LogP contribution >= 0.6 is 0 Å². The molecule has 0 aliphatic rings. The molecule has 0 fully saturated rings. The van der Waals surface area contributed by atoms with Crippen LogP contribution in [0.1, 0.15) is 40.9 Å². The Balaban J connectivity index is 3.18. The van der Waals surface area contributed by atoms with Crippen LogP contribution in [0.3, 0.4) is 0 Å². The van der Waals surface area contributed by atoms with Gasteiger partial charge in [0.15, 0.2) is 0 Å². The minimum Gasteiger partial charge on any atom is -0.478 e. The Kier molecular flexibility index (Phi) is 6.17. The highest BCUT2D eigenvalue weighted by Crippen LogP contribution is 2.29. The van der Waals surface area contributed by atoms with Gasteiger partial charge in [-0.15, -0.1) is 0 Å². The van der Waals surface area contributed by atoms with Gasteiger partial charge < -0.3 is 20.1 Å². The summed E-state index contributed by atoms with van der Waals surface area (Å²) >= 11 is 0. The number of aliphatic hydroxyl groups excluding tert-OH is 2. The molecule has 2 atom stereocenters. The summed E-state index contributed by atoms with van der Waals surface area (Å²) < 4.78 is 4.63. The van der Waals surface area contributed by atoms with Crippen molar-refractivity contribution in [3.63, 3.8) is 0 Å². The summed E-state index contributed by atoms with van der Waals surface area (Å²) in [5.41, 5.74) is -1.10. The van der Waals surface area contributed by atoms with Crippen LogP contribution in [0.15, 0.2) is 12.1 Å². The Morgan fingerprint density at radius 2 is 1.96 bits per heavy atom. The zero-order valence-electron chi connectivity index (χ0n) is 12.6. The Labute approximate surface area is 131 Å². The standard InChI is InChI=1S/C14H17NO8/c1-3-23-12(17)6-11(16)13(18)8-4-9(14(19)20)7(2)10(5-8)15(21)22/h4-5,11,13,16,18H,3,6H2,1-2H3,(H,19,20). The molecule has 9 heteroatoms. The zero-order chi connectivity index (χ0) is 17.7. The van der Waals surface area contributed by atoms with Gasteiger partial charge in [-0.3, -0.25) is 14.9 Å². The molecule has 126 valence electrons. The van der Waals surface area contributed by atoms with Gasteiger partial charge in [0.1, 0.15) is 6.10 Å². The van der Waals surface area contributed by atoms with Gasteiger partial charge in [0.05, 0.1) is 29.6 Å². The fourth-order valence-electron chi connectivity index (χ4n) is 2.03. The van der Waals surface area contributed by atoms with Gasteiger partial charge >= 0.3 is 11.9 Å². The van der Waals surface area contributed by atoms with Crippen molar-refractivity contribution in [2.45, 2.75) is 32.5 Å². The number of nitrogens with zero attached hydrogens (tertiary/aromatic N) is 1. The number of ether oxygens (including phenoxy) is 1. The van der Waals surface area contributed by atoms with Crippen LogP contribution in [0.4, 0.5) is 5.69 Å². The van der Waals surface area contributed by atoms with Crippen molar-refractivity contribution in [3.05, 3.63) is 38.9 Å². The second kappa shape index (κ2) is 7.65. The lowest BCUT2D eigenvalue weighted by atomic mass is 9.96. The van der Waals surface area contributed by atoms with E-state index < -0.39 is 41.2 Å². The lowest BCUT2D eigenvalue weighted by Crippen LogP contribution is -2.23. The van der Waals surface area contributed by atoms with Gasteiger partial charge in [0.25, 0.3) is 5.69 Å². The van der Waals surface area contributed by atoms with E-state index in [2.05, 4.69) is 4.74 Å². The Bertz CT molecular complexity index is 592. The molecule has 0 heterocycles. The van der Waals surface area contributed by atoms with Gasteiger partial charge in [0.2, 0.25) is 0 Å². The first-order valence-electron chi connectivity index (χ1n) is 6.73. The predicted octanol–water partition coefficient (Wildman–Crippen LogP) is 0.949. The topological polar surface area (TPSA) is 147 Å². The monoisotopic (exact) mass is 327 g/mol. The van der Waals surface area contributed by atoms with E-state index in [1.807, 2.05) is 0 Å². The first-order chi connectivity index (χ1) is 10.7. The van der Waals surface area contributed by atoms with Crippen LogP contribution in [0.5, 0.6) is 0 Å². The van der Waals surface area contributed by atoms with Crippen molar-refractivity contribution in [1.29, 1.82) is 0 Å². The molecule has 0 saturated heterocycles. The summed E-state index contributed by atoms with van der Waals surface area (Å²) in [4.78, 5) is 32.7. The number of carboxylic acid groups (broad SMARTS) is 1. The average molecular weight is 327 g/mol. The number of nitro groups is 1. The molecule has 0 aromatic heterocycles. The Hall–Kier alpha value is -2.52. The predicted molar refractivity (Wildman–Crippen MR) is 77.0 cm³/mol. The first-order valence-corrected chi connectivity index (χ1v) is 6.73. The highest BCUT2D eigenvalue weighted by molar-refractivity contribution is 5.91. The number of aromatic carboxylic acids is 1. The van der Waals surface area contributed by atoms with E-state index in [1.165, 1.54) is 6.92 Å². The quantitative estimate of drug-likeness (QED) is 0.381. The first kappa shape index (κ1) is 18.5. The molecule has 0 saturated carbocycles. The third-order valence-corrected chi connectivity index (χ3v) is 3.22. The van der Waals surface area contributed by atoms with Crippen LogP contribution < -0.4 is 0 Å². The lowest BCUT2D eigenvalue weighted by molar-refractivity contribution is -0.385. The van der Waals surface area contributed by atoms with E-state index in [0.29, 0.717) is 0 Å². The maximum Gasteiger partial charge on any atom is 0.336 e. The van der Waals surface area contributed by atoms with Crippen molar-refractivity contribution in [3.8, 4) is 0 Å². The summed E-state index contributed by atoms with van der Waals surface area (Å²) in [6.45, 7) is 2.94. The van der Waals surface area contributed by atoms with Crippen LogP contribution in [0.2, 0.25) is 0 Å². The van der Waals surface area contributed by atoms with Crippen molar-refractivity contribution in [2.24, 2.45) is 0 Å². The maximum atomic E-state index is 11.3. The molecule has 0 spiro atoms. The van der Waals surface area contributed by atoms with Crippen LogP contribution in [0.25, 0.3) is 0 Å². The number of nitro benzene ring substituents is 1. The molecule has 9 nitrogen and oxygen atoms in total. The summed E-state index contributed by atoms with van der Waals surface area (Å²) in [5, 5.41) is 40.0. The van der Waals surface area contributed by atoms with Crippen molar-refractivity contribution in [2.75, 3.05) is 6.61 Å². The Morgan fingerprint density at radius 1 is 1.35 bits per heavy atom. The average Bonchev–Trinajstić information content (AvgIpc) is 2.46. The molecule has 3 N–H and O–H groups in total. The van der Waals surface area contributed by atoms with Gasteiger partial charge in [-0.1, -0.05) is 0 Å². The third-order valence-electron chi connectivity index (χ3n) is 3.22. The second-order valence-corrected chi connectivity index (χ2v) is 4.80. The number of carbonyl (C=O) groups is 2. The van der Waals surface area contributed by atoms with Crippen LogP contribution in [-0.2, 0) is 9.53 Å². The zero-order valence-corrected chi connectivity index (χ0v) is 12.6. The minimum atomic E-state index is -1.67. The van der Waals surface area contributed by atoms with Crippen molar-refractivity contribution < 1.29 is 34.6 Å². The lowest BCUT2D eigenvalue weighted by Gasteiger charge is -2.18. The summed E-state index contributed by atoms with van der Waals surface area (Å²) in [5.74, 6) is -2.15. The molecule has 0 radical (unpaired) electrons. The molecule has 1 aromatic carbocycles. The van der Waals surface area contributed by atoms with E-state index in [-0.39, 0.29) is 23.3 Å².